The Labute approximate surface area is 149 Å². The Hall–Kier alpha value is -0.930. The molecule has 0 heterocycles. The minimum atomic E-state index is -0.0957. The zero-order valence-electron chi connectivity index (χ0n) is 12.9. The van der Waals surface area contributed by atoms with Gasteiger partial charge in [-0.1, -0.05) is 94.2 Å². The van der Waals surface area contributed by atoms with E-state index in [2.05, 4.69) is 56.1 Å². The fourth-order valence-electron chi connectivity index (χ4n) is 2.59. The molecule has 0 aliphatic carbocycles. The van der Waals surface area contributed by atoms with Crippen molar-refractivity contribution < 1.29 is 4.79 Å². The molecule has 0 fully saturated rings. The summed E-state index contributed by atoms with van der Waals surface area (Å²) in [5, 5.41) is 1.62. The summed E-state index contributed by atoms with van der Waals surface area (Å²) in [7, 11) is 0. The van der Waals surface area contributed by atoms with Gasteiger partial charge in [0, 0.05) is 22.5 Å². The van der Waals surface area contributed by atoms with Crippen LogP contribution in [0.2, 0.25) is 0 Å². The highest BCUT2D eigenvalue weighted by Crippen LogP contribution is 2.27. The number of rotatable bonds is 6. The fraction of sp³-hybridized carbons (Fsp3) is 0.316. The van der Waals surface area contributed by atoms with Gasteiger partial charge in [0.25, 0.3) is 0 Å². The van der Waals surface area contributed by atoms with Crippen LogP contribution >= 0.6 is 31.9 Å². The Balaban J connectivity index is 2.21. The standard InChI is InChI=1S/C19H20Br2O/c1-13(17-7-3-5-15(9-17)11-20)19(22)14(2)18-8-4-6-16(10-18)12-21/h3-10,13-14H,11-12H2,1-2H3. The summed E-state index contributed by atoms with van der Waals surface area (Å²) in [5.41, 5.74) is 4.58. The molecule has 116 valence electrons. The number of Topliss-reactive ketones (excluding diaryl/α,β-unsaturated/α-hetero) is 1. The molecule has 2 aromatic carbocycles. The molecule has 1 nitrogen and oxygen atoms in total. The van der Waals surface area contributed by atoms with Gasteiger partial charge in [-0.15, -0.1) is 0 Å². The van der Waals surface area contributed by atoms with E-state index in [1.807, 2.05) is 38.1 Å². The maximum Gasteiger partial charge on any atom is 0.147 e. The molecule has 0 saturated carbocycles. The van der Waals surface area contributed by atoms with Crippen molar-refractivity contribution in [3.8, 4) is 0 Å². The molecule has 0 bridgehead atoms. The summed E-state index contributed by atoms with van der Waals surface area (Å²) in [5.74, 6) is 0.0710. The van der Waals surface area contributed by atoms with Crippen molar-refractivity contribution in [2.45, 2.75) is 36.3 Å². The molecule has 0 aromatic heterocycles. The van der Waals surface area contributed by atoms with Crippen molar-refractivity contribution >= 4 is 37.6 Å². The Bertz CT molecular complexity index is 596. The molecule has 0 spiro atoms. The number of hydrogen-bond donors (Lipinski definition) is 0. The van der Waals surface area contributed by atoms with Gasteiger partial charge in [0.05, 0.1) is 0 Å². The van der Waals surface area contributed by atoms with Crippen molar-refractivity contribution in [3.63, 3.8) is 0 Å². The van der Waals surface area contributed by atoms with E-state index in [0.29, 0.717) is 0 Å². The summed E-state index contributed by atoms with van der Waals surface area (Å²) >= 11 is 6.94. The third-order valence-corrected chi connectivity index (χ3v) is 5.36. The van der Waals surface area contributed by atoms with Crippen LogP contribution in [0, 0.1) is 0 Å². The van der Waals surface area contributed by atoms with Gasteiger partial charge >= 0.3 is 0 Å². The average molecular weight is 424 g/mol. The molecule has 22 heavy (non-hydrogen) atoms. The normalized spacial score (nSPS) is 13.6. The summed E-state index contributed by atoms with van der Waals surface area (Å²) in [6, 6.07) is 16.5. The Morgan fingerprint density at radius 1 is 0.864 bits per heavy atom. The van der Waals surface area contributed by atoms with Gasteiger partial charge in [-0.3, -0.25) is 4.79 Å². The monoisotopic (exact) mass is 422 g/mol. The molecule has 2 aromatic rings. The van der Waals surface area contributed by atoms with E-state index in [0.717, 1.165) is 21.8 Å². The first-order valence-corrected chi connectivity index (χ1v) is 9.64. The number of carbonyl (C=O) groups is 1. The second kappa shape index (κ2) is 8.07. The van der Waals surface area contributed by atoms with E-state index >= 15 is 0 Å². The van der Waals surface area contributed by atoms with Crippen molar-refractivity contribution in [1.82, 2.24) is 0 Å². The molecule has 3 heteroatoms. The molecule has 0 radical (unpaired) electrons. The first kappa shape index (κ1) is 17.4. The third-order valence-electron chi connectivity index (χ3n) is 4.06. The summed E-state index contributed by atoms with van der Waals surface area (Å²) < 4.78 is 0. The number of hydrogen-bond acceptors (Lipinski definition) is 1. The molecule has 0 N–H and O–H groups in total. The molecule has 2 unspecified atom stereocenters. The minimum Gasteiger partial charge on any atom is -0.298 e. The number of halogens is 2. The number of carbonyl (C=O) groups excluding carboxylic acids is 1. The summed E-state index contributed by atoms with van der Waals surface area (Å²) in [6.45, 7) is 4.00. The highest BCUT2D eigenvalue weighted by Gasteiger charge is 2.23. The summed E-state index contributed by atoms with van der Waals surface area (Å²) in [6.07, 6.45) is 0. The highest BCUT2D eigenvalue weighted by atomic mass is 79.9. The van der Waals surface area contributed by atoms with Crippen LogP contribution in [0.1, 0.15) is 47.9 Å². The van der Waals surface area contributed by atoms with Crippen LogP contribution in [-0.4, -0.2) is 5.78 Å². The molecular weight excluding hydrogens is 404 g/mol. The van der Waals surface area contributed by atoms with Crippen molar-refractivity contribution in [1.29, 1.82) is 0 Å². The Morgan fingerprint density at radius 2 is 1.27 bits per heavy atom. The van der Waals surface area contributed by atoms with Gasteiger partial charge in [0.2, 0.25) is 0 Å². The number of alkyl halides is 2. The van der Waals surface area contributed by atoms with Gasteiger partial charge < -0.3 is 0 Å². The van der Waals surface area contributed by atoms with Gasteiger partial charge in [-0.25, -0.2) is 0 Å². The smallest absolute Gasteiger partial charge is 0.147 e. The van der Waals surface area contributed by atoms with Crippen LogP contribution in [0.15, 0.2) is 48.5 Å². The van der Waals surface area contributed by atoms with Crippen LogP contribution in [0.25, 0.3) is 0 Å². The lowest BCUT2D eigenvalue weighted by Crippen LogP contribution is -2.16. The molecule has 0 aliphatic heterocycles. The highest BCUT2D eigenvalue weighted by molar-refractivity contribution is 9.08. The lowest BCUT2D eigenvalue weighted by atomic mass is 9.85. The minimum absolute atomic E-state index is 0.0957. The fourth-order valence-corrected chi connectivity index (χ4v) is 3.29. The van der Waals surface area contributed by atoms with Crippen LogP contribution in [0.4, 0.5) is 0 Å². The molecule has 0 aliphatic rings. The molecule has 0 saturated heterocycles. The lowest BCUT2D eigenvalue weighted by molar-refractivity contribution is -0.121. The van der Waals surface area contributed by atoms with Crippen molar-refractivity contribution in [2.75, 3.05) is 0 Å². The molecular formula is C19H20Br2O. The number of ketones is 1. The zero-order valence-corrected chi connectivity index (χ0v) is 16.0. The van der Waals surface area contributed by atoms with Gasteiger partial charge in [-0.05, 0) is 22.3 Å². The van der Waals surface area contributed by atoms with Crippen molar-refractivity contribution in [3.05, 3.63) is 70.8 Å². The van der Waals surface area contributed by atoms with Crippen LogP contribution in [-0.2, 0) is 15.5 Å². The first-order chi connectivity index (χ1) is 10.6. The maximum absolute atomic E-state index is 12.8. The van der Waals surface area contributed by atoms with E-state index in [-0.39, 0.29) is 17.6 Å². The third kappa shape index (κ3) is 4.08. The predicted molar refractivity (Wildman–Crippen MR) is 100.0 cm³/mol. The topological polar surface area (TPSA) is 17.1 Å². The first-order valence-electron chi connectivity index (χ1n) is 7.40. The molecule has 2 rings (SSSR count). The lowest BCUT2D eigenvalue weighted by Gasteiger charge is -2.18. The second-order valence-electron chi connectivity index (χ2n) is 5.60. The zero-order chi connectivity index (χ0) is 16.1. The van der Waals surface area contributed by atoms with Crippen molar-refractivity contribution in [2.24, 2.45) is 0 Å². The van der Waals surface area contributed by atoms with E-state index in [1.54, 1.807) is 0 Å². The van der Waals surface area contributed by atoms with E-state index < -0.39 is 0 Å². The average Bonchev–Trinajstić information content (AvgIpc) is 2.59. The number of benzene rings is 2. The van der Waals surface area contributed by atoms with Crippen LogP contribution in [0.3, 0.4) is 0 Å². The van der Waals surface area contributed by atoms with Gasteiger partial charge in [0.1, 0.15) is 5.78 Å². The quantitative estimate of drug-likeness (QED) is 0.524. The SMILES string of the molecule is CC(C(=O)C(C)c1cccc(CBr)c1)c1cccc(CBr)c1. The molecule has 0 amide bonds. The Morgan fingerprint density at radius 3 is 1.64 bits per heavy atom. The largest absolute Gasteiger partial charge is 0.298 e. The van der Waals surface area contributed by atoms with E-state index in [4.69, 9.17) is 0 Å². The van der Waals surface area contributed by atoms with Gasteiger partial charge in [-0.2, -0.15) is 0 Å². The molecule has 2 atom stereocenters. The van der Waals surface area contributed by atoms with Crippen LogP contribution in [0.5, 0.6) is 0 Å². The summed E-state index contributed by atoms with van der Waals surface area (Å²) in [4.78, 5) is 12.8. The maximum atomic E-state index is 12.8. The van der Waals surface area contributed by atoms with Gasteiger partial charge in [0.15, 0.2) is 0 Å². The second-order valence-corrected chi connectivity index (χ2v) is 6.72. The van der Waals surface area contributed by atoms with Crippen LogP contribution < -0.4 is 0 Å². The predicted octanol–water partition coefficient (Wildman–Crippen LogP) is 5.95. The Kier molecular flexibility index (Phi) is 6.39. The van der Waals surface area contributed by atoms with E-state index in [1.165, 1.54) is 11.1 Å². The van der Waals surface area contributed by atoms with E-state index in [9.17, 15) is 4.79 Å².